The van der Waals surface area contributed by atoms with Crippen molar-refractivity contribution in [2.24, 2.45) is 5.92 Å². The number of likely N-dealkylation sites (N-methyl/N-ethyl adjacent to an activating group) is 1. The molecule has 0 saturated carbocycles. The maximum Gasteiger partial charge on any atom is 0.190 e. The highest BCUT2D eigenvalue weighted by Crippen LogP contribution is 2.36. The summed E-state index contributed by atoms with van der Waals surface area (Å²) in [7, 11) is 2.21. The van der Waals surface area contributed by atoms with Crippen LogP contribution >= 0.6 is 11.3 Å². The Bertz CT molecular complexity index is 1420. The van der Waals surface area contributed by atoms with E-state index in [1.165, 1.54) is 22.3 Å². The highest BCUT2D eigenvalue weighted by molar-refractivity contribution is 7.14. The largest absolute Gasteiger partial charge is 0.384 e. The van der Waals surface area contributed by atoms with Crippen molar-refractivity contribution < 1.29 is 0 Å². The zero-order valence-corrected chi connectivity index (χ0v) is 25.5. The van der Waals surface area contributed by atoms with Gasteiger partial charge < -0.3 is 26.2 Å². The molecule has 2 aromatic heterocycles. The summed E-state index contributed by atoms with van der Waals surface area (Å²) in [4.78, 5) is 20.9. The van der Waals surface area contributed by atoms with Crippen LogP contribution in [-0.2, 0) is 6.42 Å². The molecule has 1 aliphatic rings. The molecular weight excluding hydrogens is 528 g/mol. The number of hydrogen-bond donors (Lipinski definition) is 2. The lowest BCUT2D eigenvalue weighted by molar-refractivity contribution is 0.155. The number of aryl methyl sites for hydroxylation is 1. The fourth-order valence-corrected chi connectivity index (χ4v) is 5.94. The van der Waals surface area contributed by atoms with E-state index >= 15 is 0 Å². The van der Waals surface area contributed by atoms with Crippen LogP contribution in [0.1, 0.15) is 31.4 Å². The SMILES string of the molecule is Cc1ccc(-c2ccc(CCN3CCN(C)CC3)cc2)cc1N(CCC(C)C)c1nc(-c2nc(N)cc(N)n2)cs1. The molecule has 0 radical (unpaired) electrons. The second-order valence-corrected chi connectivity index (χ2v) is 12.3. The average molecular weight is 571 g/mol. The van der Waals surface area contributed by atoms with E-state index < -0.39 is 0 Å². The Labute approximate surface area is 248 Å². The topological polar surface area (TPSA) is 100 Å². The molecular formula is C32H42N8S. The van der Waals surface area contributed by atoms with Gasteiger partial charge in [0.25, 0.3) is 0 Å². The molecule has 2 aromatic carbocycles. The first-order valence-corrected chi connectivity index (χ1v) is 15.4. The normalized spacial score (nSPS) is 14.6. The van der Waals surface area contributed by atoms with Crippen LogP contribution in [0.25, 0.3) is 22.6 Å². The van der Waals surface area contributed by atoms with Crippen molar-refractivity contribution in [3.8, 4) is 22.6 Å². The standard InChI is InChI=1S/C32H42N8S/c1-22(2)11-14-40(32-35-27(21-41-32)31-36-29(33)20-30(34)37-31)28-19-26(8-5-23(28)3)25-9-6-24(7-10-25)12-13-39-17-15-38(4)16-18-39/h5-10,19-22H,11-18H2,1-4H3,(H4,33,34,36,37). The van der Waals surface area contributed by atoms with E-state index in [2.05, 4.69) is 95.0 Å². The zero-order valence-electron chi connectivity index (χ0n) is 24.7. The first-order valence-electron chi connectivity index (χ1n) is 14.5. The number of rotatable bonds is 10. The van der Waals surface area contributed by atoms with Crippen LogP contribution in [0.3, 0.4) is 0 Å². The number of nitrogens with zero attached hydrogens (tertiary/aromatic N) is 6. The van der Waals surface area contributed by atoms with E-state index in [9.17, 15) is 0 Å². The molecule has 3 heterocycles. The quantitative estimate of drug-likeness (QED) is 0.250. The molecule has 9 heteroatoms. The van der Waals surface area contributed by atoms with E-state index in [-0.39, 0.29) is 0 Å². The molecule has 8 nitrogen and oxygen atoms in total. The third-order valence-corrected chi connectivity index (χ3v) is 8.61. The molecule has 0 atom stereocenters. The molecule has 5 rings (SSSR count). The van der Waals surface area contributed by atoms with Gasteiger partial charge in [0.2, 0.25) is 0 Å². The summed E-state index contributed by atoms with van der Waals surface area (Å²) in [6.45, 7) is 13.3. The molecule has 41 heavy (non-hydrogen) atoms. The number of hydrogen-bond acceptors (Lipinski definition) is 9. The van der Waals surface area contributed by atoms with Crippen molar-refractivity contribution in [1.29, 1.82) is 0 Å². The number of piperazine rings is 1. The van der Waals surface area contributed by atoms with Gasteiger partial charge in [-0.25, -0.2) is 15.0 Å². The average Bonchev–Trinajstić information content (AvgIpc) is 3.44. The van der Waals surface area contributed by atoms with Crippen molar-refractivity contribution in [1.82, 2.24) is 24.8 Å². The molecule has 0 unspecified atom stereocenters. The summed E-state index contributed by atoms with van der Waals surface area (Å²) < 4.78 is 0. The number of nitrogen functional groups attached to an aromatic ring is 2. The summed E-state index contributed by atoms with van der Waals surface area (Å²) in [6, 6.07) is 17.4. The molecule has 0 bridgehead atoms. The van der Waals surface area contributed by atoms with Crippen LogP contribution in [-0.4, -0.2) is 71.1 Å². The van der Waals surface area contributed by atoms with Gasteiger partial charge in [-0.15, -0.1) is 11.3 Å². The molecule has 1 aliphatic heterocycles. The summed E-state index contributed by atoms with van der Waals surface area (Å²) in [6.07, 6.45) is 2.13. The highest BCUT2D eigenvalue weighted by atomic mass is 32.1. The highest BCUT2D eigenvalue weighted by Gasteiger charge is 2.19. The first kappa shape index (κ1) is 29.0. The number of nitrogens with two attached hydrogens (primary N) is 2. The summed E-state index contributed by atoms with van der Waals surface area (Å²) in [5.74, 6) is 1.70. The predicted molar refractivity (Wildman–Crippen MR) is 173 cm³/mol. The Hall–Kier alpha value is -3.53. The van der Waals surface area contributed by atoms with Gasteiger partial charge in [-0.1, -0.05) is 50.2 Å². The third kappa shape index (κ3) is 7.41. The van der Waals surface area contributed by atoms with Crippen LogP contribution in [0.2, 0.25) is 0 Å². The number of aromatic nitrogens is 3. The summed E-state index contributed by atoms with van der Waals surface area (Å²) in [5, 5.41) is 2.89. The van der Waals surface area contributed by atoms with Crippen LogP contribution in [0.4, 0.5) is 22.5 Å². The number of benzene rings is 2. The Morgan fingerprint density at radius 3 is 2.27 bits per heavy atom. The van der Waals surface area contributed by atoms with Gasteiger partial charge in [-0.05, 0) is 61.1 Å². The lowest BCUT2D eigenvalue weighted by Crippen LogP contribution is -2.45. The van der Waals surface area contributed by atoms with Gasteiger partial charge in [-0.2, -0.15) is 0 Å². The Balaban J connectivity index is 1.37. The minimum Gasteiger partial charge on any atom is -0.384 e. The lowest BCUT2D eigenvalue weighted by Gasteiger charge is -2.32. The van der Waals surface area contributed by atoms with E-state index in [0.29, 0.717) is 29.1 Å². The molecule has 1 fully saturated rings. The van der Waals surface area contributed by atoms with Crippen molar-refractivity contribution in [3.63, 3.8) is 0 Å². The molecule has 0 amide bonds. The first-order chi connectivity index (χ1) is 19.7. The Morgan fingerprint density at radius 2 is 1.59 bits per heavy atom. The van der Waals surface area contributed by atoms with Crippen LogP contribution in [0.5, 0.6) is 0 Å². The van der Waals surface area contributed by atoms with E-state index in [4.69, 9.17) is 16.5 Å². The summed E-state index contributed by atoms with van der Waals surface area (Å²) >= 11 is 1.59. The fourth-order valence-electron chi connectivity index (χ4n) is 5.10. The lowest BCUT2D eigenvalue weighted by atomic mass is 10.00. The number of thiazole rings is 1. The molecule has 1 saturated heterocycles. The van der Waals surface area contributed by atoms with Crippen LogP contribution in [0.15, 0.2) is 53.9 Å². The molecule has 0 aliphatic carbocycles. The van der Waals surface area contributed by atoms with Gasteiger partial charge >= 0.3 is 0 Å². The second-order valence-electron chi connectivity index (χ2n) is 11.5. The summed E-state index contributed by atoms with van der Waals surface area (Å²) in [5.41, 5.74) is 18.7. The monoisotopic (exact) mass is 570 g/mol. The Kier molecular flexibility index (Phi) is 9.17. The zero-order chi connectivity index (χ0) is 28.9. The van der Waals surface area contributed by atoms with Gasteiger partial charge in [0, 0.05) is 56.4 Å². The molecule has 4 N–H and O–H groups in total. The van der Waals surface area contributed by atoms with Gasteiger partial charge in [0.15, 0.2) is 11.0 Å². The maximum atomic E-state index is 5.92. The van der Waals surface area contributed by atoms with Crippen LogP contribution in [0, 0.1) is 12.8 Å². The van der Waals surface area contributed by atoms with Crippen molar-refractivity contribution in [2.45, 2.75) is 33.6 Å². The predicted octanol–water partition coefficient (Wildman–Crippen LogP) is 5.71. The fraction of sp³-hybridized carbons (Fsp3) is 0.406. The van der Waals surface area contributed by atoms with E-state index in [1.54, 1.807) is 17.4 Å². The van der Waals surface area contributed by atoms with E-state index in [1.807, 2.05) is 5.38 Å². The van der Waals surface area contributed by atoms with E-state index in [0.717, 1.165) is 62.9 Å². The van der Waals surface area contributed by atoms with Crippen molar-refractivity contribution >= 4 is 33.8 Å². The minimum atomic E-state index is 0.340. The van der Waals surface area contributed by atoms with Gasteiger partial charge in [0.05, 0.1) is 0 Å². The third-order valence-electron chi connectivity index (χ3n) is 7.75. The molecule has 216 valence electrons. The minimum absolute atomic E-state index is 0.340. The van der Waals surface area contributed by atoms with Crippen LogP contribution < -0.4 is 16.4 Å². The maximum absolute atomic E-state index is 5.92. The Morgan fingerprint density at radius 1 is 0.902 bits per heavy atom. The van der Waals surface area contributed by atoms with Gasteiger partial charge in [0.1, 0.15) is 17.3 Å². The second kappa shape index (κ2) is 13.0. The molecule has 4 aromatic rings. The number of anilines is 4. The smallest absolute Gasteiger partial charge is 0.190 e. The molecule has 0 spiro atoms. The van der Waals surface area contributed by atoms with Crippen molar-refractivity contribution in [3.05, 3.63) is 65.0 Å². The van der Waals surface area contributed by atoms with Gasteiger partial charge in [-0.3, -0.25) is 0 Å². The van der Waals surface area contributed by atoms with Crippen molar-refractivity contribution in [2.75, 3.05) is 62.7 Å².